The molecule has 0 saturated heterocycles. The summed E-state index contributed by atoms with van der Waals surface area (Å²) >= 11 is 0. The van der Waals surface area contributed by atoms with E-state index in [9.17, 15) is 4.79 Å². The molecule has 0 unspecified atom stereocenters. The summed E-state index contributed by atoms with van der Waals surface area (Å²) in [6.07, 6.45) is 9.20. The zero-order valence-electron chi connectivity index (χ0n) is 8.34. The van der Waals surface area contributed by atoms with Gasteiger partial charge < -0.3 is 0 Å². The fraction of sp³-hybridized carbons (Fsp3) is 0.583. The first kappa shape index (κ1) is 8.74. The van der Waals surface area contributed by atoms with E-state index in [0.29, 0.717) is 0 Å². The van der Waals surface area contributed by atoms with Crippen molar-refractivity contribution >= 4 is 5.78 Å². The number of allylic oxidation sites excluding steroid dienone is 4. The maximum Gasteiger partial charge on any atom is 0.178 e. The molecular weight excluding hydrogens is 160 g/mol. The molecule has 1 saturated carbocycles. The second-order valence-corrected chi connectivity index (χ2v) is 4.67. The summed E-state index contributed by atoms with van der Waals surface area (Å²) in [6.45, 7) is 4.55. The lowest BCUT2D eigenvalue weighted by molar-refractivity contribution is -0.110. The van der Waals surface area contributed by atoms with Crippen molar-refractivity contribution in [2.24, 2.45) is 11.3 Å². The number of rotatable bonds is 0. The van der Waals surface area contributed by atoms with Crippen molar-refractivity contribution in [1.82, 2.24) is 0 Å². The molecule has 0 spiro atoms. The van der Waals surface area contributed by atoms with Crippen molar-refractivity contribution in [3.8, 4) is 0 Å². The molecule has 13 heavy (non-hydrogen) atoms. The molecule has 0 aliphatic heterocycles. The van der Waals surface area contributed by atoms with Crippen LogP contribution < -0.4 is 0 Å². The average molecular weight is 176 g/mol. The highest BCUT2D eigenvalue weighted by molar-refractivity contribution is 6.01. The number of carbonyl (C=O) groups excluding carboxylic acids is 1. The number of hydrogen-bond donors (Lipinski definition) is 0. The molecule has 0 aromatic heterocycles. The van der Waals surface area contributed by atoms with Crippen LogP contribution in [0.15, 0.2) is 23.8 Å². The lowest BCUT2D eigenvalue weighted by atomic mass is 9.66. The maximum atomic E-state index is 11.2. The molecule has 1 nitrogen and oxygen atoms in total. The highest BCUT2D eigenvalue weighted by Gasteiger charge is 2.34. The first-order chi connectivity index (χ1) is 6.10. The Morgan fingerprint density at radius 1 is 1.54 bits per heavy atom. The molecule has 0 heterocycles. The van der Waals surface area contributed by atoms with Crippen LogP contribution in [-0.4, -0.2) is 5.78 Å². The van der Waals surface area contributed by atoms with E-state index < -0.39 is 0 Å². The Hall–Kier alpha value is -0.850. The van der Waals surface area contributed by atoms with Crippen molar-refractivity contribution in [3.05, 3.63) is 23.8 Å². The van der Waals surface area contributed by atoms with Crippen LogP contribution in [0.4, 0.5) is 0 Å². The van der Waals surface area contributed by atoms with E-state index in [4.69, 9.17) is 0 Å². The molecule has 2 aliphatic rings. The highest BCUT2D eigenvalue weighted by Crippen LogP contribution is 2.45. The fourth-order valence-corrected chi connectivity index (χ4v) is 2.54. The van der Waals surface area contributed by atoms with Crippen LogP contribution in [0, 0.1) is 11.3 Å². The monoisotopic (exact) mass is 176 g/mol. The summed E-state index contributed by atoms with van der Waals surface area (Å²) in [7, 11) is 0. The number of hydrogen-bond acceptors (Lipinski definition) is 1. The van der Waals surface area contributed by atoms with Crippen molar-refractivity contribution in [2.75, 3.05) is 0 Å². The number of carbonyl (C=O) groups is 1. The second kappa shape index (κ2) is 2.83. The Balaban J connectivity index is 2.31. The number of ketones is 1. The van der Waals surface area contributed by atoms with Gasteiger partial charge in [0.2, 0.25) is 0 Å². The molecular formula is C12H16O. The van der Waals surface area contributed by atoms with Gasteiger partial charge in [-0.25, -0.2) is 0 Å². The standard InChI is InChI=1S/C12H16O/c1-9-3-4-10-7-11(13)5-6-12(10,2)8-9/h5-7,9H,3-4,8H2,1-2H3/t9-,12-/m1/s1. The van der Waals surface area contributed by atoms with Crippen molar-refractivity contribution in [2.45, 2.75) is 33.1 Å². The third kappa shape index (κ3) is 1.48. The van der Waals surface area contributed by atoms with Gasteiger partial charge in [-0.15, -0.1) is 0 Å². The Bertz CT molecular complexity index is 298. The van der Waals surface area contributed by atoms with Gasteiger partial charge in [-0.05, 0) is 37.3 Å². The van der Waals surface area contributed by atoms with E-state index >= 15 is 0 Å². The first-order valence-corrected chi connectivity index (χ1v) is 5.04. The summed E-state index contributed by atoms with van der Waals surface area (Å²) in [5, 5.41) is 0. The van der Waals surface area contributed by atoms with Gasteiger partial charge in [0.05, 0.1) is 0 Å². The van der Waals surface area contributed by atoms with Gasteiger partial charge in [0.25, 0.3) is 0 Å². The van der Waals surface area contributed by atoms with Gasteiger partial charge in [-0.1, -0.05) is 25.5 Å². The molecule has 0 amide bonds. The Labute approximate surface area is 79.5 Å². The molecule has 2 atom stereocenters. The minimum Gasteiger partial charge on any atom is -0.290 e. The van der Waals surface area contributed by atoms with Crippen LogP contribution in [-0.2, 0) is 4.79 Å². The molecule has 0 N–H and O–H groups in total. The molecule has 1 fully saturated rings. The summed E-state index contributed by atoms with van der Waals surface area (Å²) in [4.78, 5) is 11.2. The molecule has 70 valence electrons. The first-order valence-electron chi connectivity index (χ1n) is 5.04. The van der Waals surface area contributed by atoms with E-state index in [0.717, 1.165) is 12.3 Å². The molecule has 2 aliphatic carbocycles. The minimum atomic E-state index is 0.169. The number of fused-ring (bicyclic) bond motifs is 1. The normalized spacial score (nSPS) is 38.5. The molecule has 1 heteroatoms. The van der Waals surface area contributed by atoms with E-state index in [2.05, 4.69) is 19.9 Å². The summed E-state index contributed by atoms with van der Waals surface area (Å²) in [5.41, 5.74) is 1.53. The molecule has 0 aromatic carbocycles. The molecule has 0 radical (unpaired) electrons. The summed E-state index contributed by atoms with van der Waals surface area (Å²) in [5.74, 6) is 0.960. The second-order valence-electron chi connectivity index (χ2n) is 4.67. The Morgan fingerprint density at radius 3 is 3.08 bits per heavy atom. The van der Waals surface area contributed by atoms with Gasteiger partial charge >= 0.3 is 0 Å². The van der Waals surface area contributed by atoms with Gasteiger partial charge in [0.15, 0.2) is 5.78 Å². The largest absolute Gasteiger partial charge is 0.290 e. The lowest BCUT2D eigenvalue weighted by Gasteiger charge is -2.38. The van der Waals surface area contributed by atoms with Crippen LogP contribution >= 0.6 is 0 Å². The third-order valence-electron chi connectivity index (χ3n) is 3.34. The highest BCUT2D eigenvalue weighted by atomic mass is 16.1. The van der Waals surface area contributed by atoms with Crippen LogP contribution in [0.25, 0.3) is 0 Å². The van der Waals surface area contributed by atoms with Crippen molar-refractivity contribution in [1.29, 1.82) is 0 Å². The lowest BCUT2D eigenvalue weighted by Crippen LogP contribution is -2.28. The van der Waals surface area contributed by atoms with Gasteiger partial charge in [0, 0.05) is 5.41 Å². The topological polar surface area (TPSA) is 17.1 Å². The SMILES string of the molecule is C[C@@H]1CCC2=CC(=O)C=C[C@]2(C)C1. The van der Waals surface area contributed by atoms with Crippen molar-refractivity contribution in [3.63, 3.8) is 0 Å². The van der Waals surface area contributed by atoms with Crippen molar-refractivity contribution < 1.29 is 4.79 Å². The molecule has 0 aromatic rings. The minimum absolute atomic E-state index is 0.169. The molecule has 2 rings (SSSR count). The molecule has 0 bridgehead atoms. The predicted octanol–water partition coefficient (Wildman–Crippen LogP) is 2.88. The van der Waals surface area contributed by atoms with E-state index in [1.807, 2.05) is 6.08 Å². The zero-order valence-corrected chi connectivity index (χ0v) is 8.34. The zero-order chi connectivity index (χ0) is 9.47. The Morgan fingerprint density at radius 2 is 2.31 bits per heavy atom. The van der Waals surface area contributed by atoms with E-state index in [-0.39, 0.29) is 11.2 Å². The van der Waals surface area contributed by atoms with E-state index in [1.54, 1.807) is 6.08 Å². The van der Waals surface area contributed by atoms with E-state index in [1.165, 1.54) is 18.4 Å². The summed E-state index contributed by atoms with van der Waals surface area (Å²) < 4.78 is 0. The van der Waals surface area contributed by atoms with Crippen LogP contribution in [0.1, 0.15) is 33.1 Å². The quantitative estimate of drug-likeness (QED) is 0.554. The van der Waals surface area contributed by atoms with Crippen LogP contribution in [0.2, 0.25) is 0 Å². The maximum absolute atomic E-state index is 11.2. The summed E-state index contributed by atoms with van der Waals surface area (Å²) in [6, 6.07) is 0. The predicted molar refractivity (Wildman–Crippen MR) is 53.4 cm³/mol. The van der Waals surface area contributed by atoms with Gasteiger partial charge in [-0.3, -0.25) is 4.79 Å². The fourth-order valence-electron chi connectivity index (χ4n) is 2.54. The average Bonchev–Trinajstić information content (AvgIpc) is 2.06. The Kier molecular flexibility index (Phi) is 1.90. The van der Waals surface area contributed by atoms with Crippen LogP contribution in [0.5, 0.6) is 0 Å². The van der Waals surface area contributed by atoms with Gasteiger partial charge in [-0.2, -0.15) is 0 Å². The third-order valence-corrected chi connectivity index (χ3v) is 3.34. The smallest absolute Gasteiger partial charge is 0.178 e. The van der Waals surface area contributed by atoms with Crippen LogP contribution in [0.3, 0.4) is 0 Å². The van der Waals surface area contributed by atoms with Gasteiger partial charge in [0.1, 0.15) is 0 Å².